The number of rotatable bonds is 8. The van der Waals surface area contributed by atoms with Crippen molar-refractivity contribution in [1.29, 1.82) is 5.26 Å². The van der Waals surface area contributed by atoms with Crippen molar-refractivity contribution in [1.82, 2.24) is 4.98 Å². The molecule has 1 unspecified atom stereocenters. The fourth-order valence-electron chi connectivity index (χ4n) is 4.43. The maximum Gasteiger partial charge on any atom is 0.338 e. The van der Waals surface area contributed by atoms with Gasteiger partial charge in [0.1, 0.15) is 11.1 Å². The van der Waals surface area contributed by atoms with Gasteiger partial charge in [-0.3, -0.25) is 14.4 Å². The molecule has 41 heavy (non-hydrogen) atoms. The molecule has 0 spiro atoms. The largest absolute Gasteiger partial charge is 0.454 e. The highest BCUT2D eigenvalue weighted by atomic mass is 32.2. The number of anilines is 1. The second-order valence-electron chi connectivity index (χ2n) is 9.27. The third-order valence-corrected chi connectivity index (χ3v) is 7.68. The third kappa shape index (κ3) is 5.93. The molecule has 1 aromatic heterocycles. The van der Waals surface area contributed by atoms with Crippen molar-refractivity contribution in [3.63, 3.8) is 0 Å². The smallest absolute Gasteiger partial charge is 0.338 e. The molecule has 0 radical (unpaired) electrons. The standard InChI is InChI=1S/C32H23N3O5S/c1-20-16-24(18-33)30(34-29(20)22-10-6-3-7-11-22)41-27-17-28(37)35(31(27)38)25-14-12-23(13-15-25)32(39)40-19-26(36)21-8-4-2-5-9-21/h2-16,27H,17,19H2,1H3. The first-order chi connectivity index (χ1) is 19.9. The van der Waals surface area contributed by atoms with Crippen molar-refractivity contribution >= 4 is 41.0 Å². The number of hydrogen-bond acceptors (Lipinski definition) is 8. The Morgan fingerprint density at radius 1 is 0.976 bits per heavy atom. The van der Waals surface area contributed by atoms with Crippen LogP contribution in [0.25, 0.3) is 11.3 Å². The van der Waals surface area contributed by atoms with E-state index < -0.39 is 29.6 Å². The molecule has 1 aliphatic rings. The number of aromatic nitrogens is 1. The van der Waals surface area contributed by atoms with Crippen LogP contribution in [0.5, 0.6) is 0 Å². The van der Waals surface area contributed by atoms with E-state index in [1.165, 1.54) is 24.3 Å². The predicted molar refractivity (Wildman–Crippen MR) is 153 cm³/mol. The van der Waals surface area contributed by atoms with Gasteiger partial charge in [-0.05, 0) is 42.8 Å². The van der Waals surface area contributed by atoms with Gasteiger partial charge >= 0.3 is 5.97 Å². The minimum Gasteiger partial charge on any atom is -0.454 e. The Hall–Kier alpha value is -5.07. The van der Waals surface area contributed by atoms with E-state index in [0.29, 0.717) is 27.5 Å². The Labute approximate surface area is 240 Å². The van der Waals surface area contributed by atoms with E-state index in [1.807, 2.05) is 37.3 Å². The summed E-state index contributed by atoms with van der Waals surface area (Å²) in [7, 11) is 0. The molecule has 2 amide bonds. The number of pyridine rings is 1. The van der Waals surface area contributed by atoms with Crippen molar-refractivity contribution in [2.75, 3.05) is 11.5 Å². The number of nitriles is 1. The average molecular weight is 562 g/mol. The number of ketones is 1. The summed E-state index contributed by atoms with van der Waals surface area (Å²) in [6.45, 7) is 1.47. The molecular weight excluding hydrogens is 538 g/mol. The molecule has 0 N–H and O–H groups in total. The summed E-state index contributed by atoms with van der Waals surface area (Å²) < 4.78 is 5.13. The van der Waals surface area contributed by atoms with E-state index in [1.54, 1.807) is 36.4 Å². The van der Waals surface area contributed by atoms with Crippen LogP contribution in [0.15, 0.2) is 96.0 Å². The number of imide groups is 1. The Bertz CT molecular complexity index is 1680. The molecule has 0 saturated carbocycles. The summed E-state index contributed by atoms with van der Waals surface area (Å²) in [5.74, 6) is -1.86. The second kappa shape index (κ2) is 12.0. The average Bonchev–Trinajstić information content (AvgIpc) is 3.29. The maximum atomic E-state index is 13.3. The summed E-state index contributed by atoms with van der Waals surface area (Å²) in [5.41, 5.74) is 3.67. The van der Waals surface area contributed by atoms with E-state index in [0.717, 1.165) is 27.8 Å². The van der Waals surface area contributed by atoms with E-state index in [-0.39, 0.29) is 17.8 Å². The van der Waals surface area contributed by atoms with Crippen molar-refractivity contribution in [2.24, 2.45) is 0 Å². The lowest BCUT2D eigenvalue weighted by Crippen LogP contribution is -2.31. The predicted octanol–water partition coefficient (Wildman–Crippen LogP) is 5.39. The zero-order valence-corrected chi connectivity index (χ0v) is 22.8. The first kappa shape index (κ1) is 27.5. The highest BCUT2D eigenvalue weighted by molar-refractivity contribution is 8.00. The number of Topliss-reactive ketones (excluding diaryl/α,β-unsaturated/α-hetero) is 1. The molecule has 0 aliphatic carbocycles. The number of hydrogen-bond donors (Lipinski definition) is 0. The minimum atomic E-state index is -0.762. The van der Waals surface area contributed by atoms with Gasteiger partial charge in [0, 0.05) is 17.5 Å². The fraction of sp³-hybridized carbons (Fsp3) is 0.125. The molecule has 8 nitrogen and oxygen atoms in total. The van der Waals surface area contributed by atoms with Crippen molar-refractivity contribution in [3.8, 4) is 17.3 Å². The molecule has 9 heteroatoms. The van der Waals surface area contributed by atoms with Crippen LogP contribution in [0.2, 0.25) is 0 Å². The lowest BCUT2D eigenvalue weighted by Gasteiger charge is -2.16. The van der Waals surface area contributed by atoms with E-state index in [9.17, 15) is 24.4 Å². The van der Waals surface area contributed by atoms with Crippen molar-refractivity contribution < 1.29 is 23.9 Å². The Balaban J connectivity index is 1.28. The maximum absolute atomic E-state index is 13.3. The Morgan fingerprint density at radius 3 is 2.29 bits per heavy atom. The van der Waals surface area contributed by atoms with Gasteiger partial charge in [0.2, 0.25) is 11.8 Å². The van der Waals surface area contributed by atoms with Crippen LogP contribution in [0, 0.1) is 18.3 Å². The van der Waals surface area contributed by atoms with Gasteiger partial charge in [0.05, 0.1) is 27.8 Å². The molecule has 202 valence electrons. The normalized spacial score (nSPS) is 14.5. The lowest BCUT2D eigenvalue weighted by molar-refractivity contribution is -0.121. The van der Waals surface area contributed by atoms with Gasteiger partial charge in [-0.2, -0.15) is 5.26 Å². The number of amides is 2. The highest BCUT2D eigenvalue weighted by Gasteiger charge is 2.41. The number of carbonyl (C=O) groups is 4. The van der Waals surface area contributed by atoms with Crippen LogP contribution >= 0.6 is 11.8 Å². The quantitative estimate of drug-likeness (QED) is 0.160. The molecule has 1 aliphatic heterocycles. The SMILES string of the molecule is Cc1cc(C#N)c(SC2CC(=O)N(c3ccc(C(=O)OCC(=O)c4ccccc4)cc3)C2=O)nc1-c1ccccc1. The molecule has 1 saturated heterocycles. The molecule has 5 rings (SSSR count). The summed E-state index contributed by atoms with van der Waals surface area (Å²) in [6.07, 6.45) is -0.0595. The van der Waals surface area contributed by atoms with Crippen LogP contribution in [-0.2, 0) is 14.3 Å². The van der Waals surface area contributed by atoms with E-state index in [4.69, 9.17) is 9.72 Å². The minimum absolute atomic E-state index is 0.0595. The topological polar surface area (TPSA) is 117 Å². The number of aryl methyl sites for hydroxylation is 1. The number of thioether (sulfide) groups is 1. The number of ether oxygens (including phenoxy) is 1. The zero-order chi connectivity index (χ0) is 28.9. The van der Waals surface area contributed by atoms with Crippen LogP contribution in [-0.4, -0.2) is 40.4 Å². The number of benzene rings is 3. The number of esters is 1. The first-order valence-corrected chi connectivity index (χ1v) is 13.6. The first-order valence-electron chi connectivity index (χ1n) is 12.7. The Kier molecular flexibility index (Phi) is 8.04. The van der Waals surface area contributed by atoms with E-state index in [2.05, 4.69) is 6.07 Å². The second-order valence-corrected chi connectivity index (χ2v) is 10.5. The van der Waals surface area contributed by atoms with Gasteiger partial charge in [0.15, 0.2) is 12.4 Å². The molecule has 2 heterocycles. The van der Waals surface area contributed by atoms with Crippen LogP contribution in [0.4, 0.5) is 5.69 Å². The van der Waals surface area contributed by atoms with Gasteiger partial charge < -0.3 is 4.74 Å². The molecular formula is C32H23N3O5S. The van der Waals surface area contributed by atoms with Gasteiger partial charge in [-0.15, -0.1) is 0 Å². The number of nitrogens with zero attached hydrogens (tertiary/aromatic N) is 3. The van der Waals surface area contributed by atoms with Crippen LogP contribution < -0.4 is 4.90 Å². The van der Waals surface area contributed by atoms with Crippen LogP contribution in [0.3, 0.4) is 0 Å². The third-order valence-electron chi connectivity index (χ3n) is 6.50. The van der Waals surface area contributed by atoms with Crippen molar-refractivity contribution in [3.05, 3.63) is 113 Å². The van der Waals surface area contributed by atoms with Gasteiger partial charge in [-0.25, -0.2) is 14.7 Å². The van der Waals surface area contributed by atoms with Gasteiger partial charge in [0.25, 0.3) is 0 Å². The zero-order valence-electron chi connectivity index (χ0n) is 21.9. The summed E-state index contributed by atoms with van der Waals surface area (Å²) in [6, 6.07) is 27.8. The molecule has 0 bridgehead atoms. The van der Waals surface area contributed by atoms with Crippen LogP contribution in [0.1, 0.15) is 38.3 Å². The molecule has 3 aromatic carbocycles. The lowest BCUT2D eigenvalue weighted by atomic mass is 10.1. The Morgan fingerprint density at radius 2 is 1.63 bits per heavy atom. The highest BCUT2D eigenvalue weighted by Crippen LogP contribution is 2.36. The van der Waals surface area contributed by atoms with Gasteiger partial charge in [-0.1, -0.05) is 72.4 Å². The molecule has 1 atom stereocenters. The molecule has 4 aromatic rings. The summed E-state index contributed by atoms with van der Waals surface area (Å²) >= 11 is 1.09. The fourth-order valence-corrected chi connectivity index (χ4v) is 5.50. The summed E-state index contributed by atoms with van der Waals surface area (Å²) in [5, 5.41) is 9.32. The monoisotopic (exact) mass is 561 g/mol. The molecule has 1 fully saturated rings. The van der Waals surface area contributed by atoms with Crippen molar-refractivity contribution in [2.45, 2.75) is 23.6 Å². The summed E-state index contributed by atoms with van der Waals surface area (Å²) in [4.78, 5) is 56.6. The number of carbonyl (C=O) groups excluding carboxylic acids is 4. The van der Waals surface area contributed by atoms with E-state index >= 15 is 0 Å².